The maximum Gasteiger partial charge on any atom is 0.272 e. The summed E-state index contributed by atoms with van der Waals surface area (Å²) in [4.78, 5) is 12.4. The molecule has 4 heterocycles. The molecule has 0 fully saturated rings. The summed E-state index contributed by atoms with van der Waals surface area (Å²) in [5, 5.41) is 7.21. The number of rotatable bonds is 5. The van der Waals surface area contributed by atoms with Crippen LogP contribution in [0.15, 0.2) is 89.8 Å². The van der Waals surface area contributed by atoms with Crippen molar-refractivity contribution in [1.82, 2.24) is 19.5 Å². The summed E-state index contributed by atoms with van der Waals surface area (Å²) in [6.07, 6.45) is 5.28. The van der Waals surface area contributed by atoms with Gasteiger partial charge in [-0.1, -0.05) is 18.2 Å². The van der Waals surface area contributed by atoms with Gasteiger partial charge in [0.25, 0.3) is 5.91 Å². The van der Waals surface area contributed by atoms with E-state index in [1.165, 1.54) is 12.1 Å². The number of carbonyl (C=O) groups is 1. The summed E-state index contributed by atoms with van der Waals surface area (Å²) in [5.41, 5.74) is 3.15. The second kappa shape index (κ2) is 7.36. The van der Waals surface area contributed by atoms with Gasteiger partial charge in [-0.25, -0.2) is 9.07 Å². The van der Waals surface area contributed by atoms with Crippen molar-refractivity contribution in [3.05, 3.63) is 103 Å². The van der Waals surface area contributed by atoms with Crippen LogP contribution in [-0.4, -0.2) is 20.1 Å². The summed E-state index contributed by atoms with van der Waals surface area (Å²) in [7, 11) is 0. The molecule has 0 spiro atoms. The van der Waals surface area contributed by atoms with E-state index < -0.39 is 0 Å². The van der Waals surface area contributed by atoms with Gasteiger partial charge in [0, 0.05) is 17.9 Å². The van der Waals surface area contributed by atoms with Gasteiger partial charge in [-0.05, 0) is 59.7 Å². The van der Waals surface area contributed by atoms with Crippen LogP contribution in [0.5, 0.6) is 0 Å². The standard InChI is InChI=1S/C23H17FN4O2/c24-18-6-3-16(4-7-18)17-5-8-19-9-10-22(27(19)15-17)28-12-11-21(26-28)23(29)25-14-20-2-1-13-30-20/h1-13,15H,14H2,(H,25,29). The number of furan rings is 1. The fourth-order valence-corrected chi connectivity index (χ4v) is 3.33. The van der Waals surface area contributed by atoms with E-state index in [9.17, 15) is 9.18 Å². The van der Waals surface area contributed by atoms with Crippen LogP contribution < -0.4 is 5.32 Å². The first-order valence-corrected chi connectivity index (χ1v) is 9.41. The molecule has 6 nitrogen and oxygen atoms in total. The van der Waals surface area contributed by atoms with Crippen molar-refractivity contribution in [3.8, 4) is 16.9 Å². The van der Waals surface area contributed by atoms with Gasteiger partial charge in [0.1, 0.15) is 17.4 Å². The van der Waals surface area contributed by atoms with Crippen molar-refractivity contribution >= 4 is 11.4 Å². The SMILES string of the molecule is O=C(NCc1ccco1)c1ccn(-c2ccc3ccc(-c4ccc(F)cc4)cn23)n1. The van der Waals surface area contributed by atoms with Crippen molar-refractivity contribution in [2.45, 2.75) is 6.54 Å². The lowest BCUT2D eigenvalue weighted by Crippen LogP contribution is -2.23. The summed E-state index contributed by atoms with van der Waals surface area (Å²) in [6, 6.07) is 19.5. The maximum absolute atomic E-state index is 13.2. The third-order valence-electron chi connectivity index (χ3n) is 4.87. The molecule has 148 valence electrons. The first-order chi connectivity index (χ1) is 14.7. The molecule has 0 aliphatic rings. The number of halogens is 1. The molecule has 4 aromatic heterocycles. The van der Waals surface area contributed by atoms with Crippen molar-refractivity contribution in [1.29, 1.82) is 0 Å². The quantitative estimate of drug-likeness (QED) is 0.474. The van der Waals surface area contributed by atoms with Gasteiger partial charge in [-0.15, -0.1) is 0 Å². The summed E-state index contributed by atoms with van der Waals surface area (Å²) < 4.78 is 22.1. The molecule has 0 unspecified atom stereocenters. The molecule has 1 amide bonds. The number of hydrogen-bond donors (Lipinski definition) is 1. The van der Waals surface area contributed by atoms with Crippen molar-refractivity contribution in [2.75, 3.05) is 0 Å². The lowest BCUT2D eigenvalue weighted by molar-refractivity contribution is 0.0942. The molecule has 5 rings (SSSR count). The average molecular weight is 400 g/mol. The number of nitrogens with one attached hydrogen (secondary N) is 1. The number of hydrogen-bond acceptors (Lipinski definition) is 3. The fourth-order valence-electron chi connectivity index (χ4n) is 3.33. The number of fused-ring (bicyclic) bond motifs is 1. The Morgan fingerprint density at radius 3 is 2.60 bits per heavy atom. The van der Waals surface area contributed by atoms with E-state index in [-0.39, 0.29) is 11.7 Å². The van der Waals surface area contributed by atoms with E-state index in [1.807, 2.05) is 34.9 Å². The smallest absolute Gasteiger partial charge is 0.272 e. The van der Waals surface area contributed by atoms with E-state index in [4.69, 9.17) is 4.42 Å². The molecular weight excluding hydrogens is 383 g/mol. The molecule has 1 N–H and O–H groups in total. The van der Waals surface area contributed by atoms with Crippen LogP contribution in [0.2, 0.25) is 0 Å². The van der Waals surface area contributed by atoms with Gasteiger partial charge in [-0.2, -0.15) is 5.10 Å². The highest BCUT2D eigenvalue weighted by atomic mass is 19.1. The predicted molar refractivity (Wildman–Crippen MR) is 110 cm³/mol. The van der Waals surface area contributed by atoms with Crippen LogP contribution in [-0.2, 0) is 6.54 Å². The second-order valence-electron chi connectivity index (χ2n) is 6.82. The number of carbonyl (C=O) groups excluding carboxylic acids is 1. The zero-order valence-corrected chi connectivity index (χ0v) is 15.8. The third kappa shape index (κ3) is 3.37. The van der Waals surface area contributed by atoms with E-state index in [1.54, 1.807) is 47.5 Å². The normalized spacial score (nSPS) is 11.1. The van der Waals surface area contributed by atoms with Gasteiger partial charge >= 0.3 is 0 Å². The number of benzene rings is 1. The first-order valence-electron chi connectivity index (χ1n) is 9.41. The minimum atomic E-state index is -0.280. The summed E-state index contributed by atoms with van der Waals surface area (Å²) in [5.74, 6) is 0.918. The van der Waals surface area contributed by atoms with Gasteiger partial charge in [0.2, 0.25) is 0 Å². The molecule has 0 aliphatic heterocycles. The molecule has 0 bridgehead atoms. The van der Waals surface area contributed by atoms with E-state index in [0.29, 0.717) is 18.0 Å². The Kier molecular flexibility index (Phi) is 4.40. The number of amides is 1. The molecule has 0 saturated heterocycles. The highest BCUT2D eigenvalue weighted by molar-refractivity contribution is 5.92. The molecule has 30 heavy (non-hydrogen) atoms. The Balaban J connectivity index is 1.42. The van der Waals surface area contributed by atoms with Crippen LogP contribution in [0, 0.1) is 5.82 Å². The molecule has 7 heteroatoms. The molecule has 5 aromatic rings. The number of aromatic nitrogens is 3. The van der Waals surface area contributed by atoms with Crippen molar-refractivity contribution in [2.24, 2.45) is 0 Å². The third-order valence-corrected chi connectivity index (χ3v) is 4.87. The molecule has 0 radical (unpaired) electrons. The second-order valence-corrected chi connectivity index (χ2v) is 6.82. The molecule has 0 atom stereocenters. The Labute approximate surface area is 171 Å². The highest BCUT2D eigenvalue weighted by Crippen LogP contribution is 2.23. The van der Waals surface area contributed by atoms with Crippen LogP contribution in [0.3, 0.4) is 0 Å². The minimum absolute atomic E-state index is 0.268. The number of nitrogens with zero attached hydrogens (tertiary/aromatic N) is 3. The monoisotopic (exact) mass is 400 g/mol. The van der Waals surface area contributed by atoms with Crippen LogP contribution in [0.1, 0.15) is 16.2 Å². The van der Waals surface area contributed by atoms with Crippen LogP contribution in [0.25, 0.3) is 22.5 Å². The van der Waals surface area contributed by atoms with Gasteiger partial charge < -0.3 is 14.1 Å². The summed E-state index contributed by atoms with van der Waals surface area (Å²) in [6.45, 7) is 0.299. The molecule has 0 aliphatic carbocycles. The van der Waals surface area contributed by atoms with E-state index in [0.717, 1.165) is 22.5 Å². The van der Waals surface area contributed by atoms with Gasteiger partial charge in [0.15, 0.2) is 5.69 Å². The minimum Gasteiger partial charge on any atom is -0.467 e. The van der Waals surface area contributed by atoms with Crippen molar-refractivity contribution in [3.63, 3.8) is 0 Å². The van der Waals surface area contributed by atoms with Gasteiger partial charge in [0.05, 0.1) is 12.8 Å². The van der Waals surface area contributed by atoms with Gasteiger partial charge in [-0.3, -0.25) is 4.79 Å². The first kappa shape index (κ1) is 17.9. The maximum atomic E-state index is 13.2. The van der Waals surface area contributed by atoms with Crippen molar-refractivity contribution < 1.29 is 13.6 Å². The lowest BCUT2D eigenvalue weighted by atomic mass is 10.1. The lowest BCUT2D eigenvalue weighted by Gasteiger charge is -2.07. The van der Waals surface area contributed by atoms with Crippen LogP contribution >= 0.6 is 0 Å². The Hall–Kier alpha value is -4.13. The fraction of sp³-hybridized carbons (Fsp3) is 0.0435. The average Bonchev–Trinajstić information content (AvgIpc) is 3.52. The largest absolute Gasteiger partial charge is 0.467 e. The molecular formula is C23H17FN4O2. The van der Waals surface area contributed by atoms with E-state index >= 15 is 0 Å². The predicted octanol–water partition coefficient (Wildman–Crippen LogP) is 4.45. The zero-order chi connectivity index (χ0) is 20.5. The molecule has 0 saturated carbocycles. The number of pyridine rings is 1. The van der Waals surface area contributed by atoms with Crippen LogP contribution in [0.4, 0.5) is 4.39 Å². The molecule has 1 aromatic carbocycles. The highest BCUT2D eigenvalue weighted by Gasteiger charge is 2.13. The Morgan fingerprint density at radius 2 is 1.80 bits per heavy atom. The Bertz CT molecular complexity index is 1320. The summed E-state index contributed by atoms with van der Waals surface area (Å²) >= 11 is 0. The Morgan fingerprint density at radius 1 is 1.00 bits per heavy atom. The van der Waals surface area contributed by atoms with E-state index in [2.05, 4.69) is 10.4 Å². The topological polar surface area (TPSA) is 64.5 Å². The zero-order valence-electron chi connectivity index (χ0n) is 15.8.